The van der Waals surface area contributed by atoms with Crippen molar-refractivity contribution < 1.29 is 4.79 Å². The minimum atomic E-state index is 0.209. The van der Waals surface area contributed by atoms with Crippen molar-refractivity contribution in [1.82, 2.24) is 24.6 Å². The summed E-state index contributed by atoms with van der Waals surface area (Å²) in [4.78, 5) is 25.3. The molecule has 0 atom stereocenters. The molecule has 0 saturated heterocycles. The van der Waals surface area contributed by atoms with Gasteiger partial charge in [0.2, 0.25) is 18.2 Å². The van der Waals surface area contributed by atoms with Gasteiger partial charge in [0.15, 0.2) is 5.65 Å². The predicted molar refractivity (Wildman–Crippen MR) is 77.6 cm³/mol. The molecule has 8 nitrogen and oxygen atoms in total. The molecule has 3 heterocycles. The fourth-order valence-corrected chi connectivity index (χ4v) is 2.13. The quantitative estimate of drug-likeness (QED) is 0.709. The Balaban J connectivity index is 2.30. The Morgan fingerprint density at radius 3 is 2.81 bits per heavy atom. The number of aromatic nitrogens is 5. The van der Waals surface area contributed by atoms with Crippen molar-refractivity contribution in [1.29, 1.82) is 0 Å². The number of rotatable bonds is 3. The SMILES string of the molecule is Cc1nc(N)n2nc(-c3ccccn3)nc2c1N(C)C=O. The van der Waals surface area contributed by atoms with Crippen LogP contribution in [0.2, 0.25) is 0 Å². The first-order chi connectivity index (χ1) is 10.1. The van der Waals surface area contributed by atoms with Gasteiger partial charge in [0, 0.05) is 13.2 Å². The van der Waals surface area contributed by atoms with Crippen molar-refractivity contribution in [3.8, 4) is 11.5 Å². The molecule has 0 unspecified atom stereocenters. The second-order valence-corrected chi connectivity index (χ2v) is 4.51. The average molecular weight is 283 g/mol. The van der Waals surface area contributed by atoms with E-state index in [1.807, 2.05) is 12.1 Å². The summed E-state index contributed by atoms with van der Waals surface area (Å²) in [5, 5.41) is 4.31. The summed E-state index contributed by atoms with van der Waals surface area (Å²) in [6.07, 6.45) is 2.35. The van der Waals surface area contributed by atoms with E-state index in [-0.39, 0.29) is 5.95 Å². The zero-order valence-electron chi connectivity index (χ0n) is 11.6. The Kier molecular flexibility index (Phi) is 2.98. The predicted octanol–water partition coefficient (Wildman–Crippen LogP) is 0.670. The van der Waals surface area contributed by atoms with E-state index in [1.165, 1.54) is 9.42 Å². The molecule has 0 aliphatic heterocycles. The number of hydrogen-bond acceptors (Lipinski definition) is 6. The van der Waals surface area contributed by atoms with Crippen LogP contribution in [0.3, 0.4) is 0 Å². The van der Waals surface area contributed by atoms with E-state index in [1.54, 1.807) is 26.2 Å². The molecule has 0 aliphatic rings. The molecule has 21 heavy (non-hydrogen) atoms. The minimum Gasteiger partial charge on any atom is -0.368 e. The van der Waals surface area contributed by atoms with Crippen LogP contribution in [0, 0.1) is 6.92 Å². The zero-order valence-corrected chi connectivity index (χ0v) is 11.6. The molecular weight excluding hydrogens is 270 g/mol. The topological polar surface area (TPSA) is 102 Å². The van der Waals surface area contributed by atoms with Gasteiger partial charge in [-0.15, -0.1) is 5.10 Å². The third-order valence-electron chi connectivity index (χ3n) is 3.07. The number of carbonyl (C=O) groups is 1. The lowest BCUT2D eigenvalue weighted by molar-refractivity contribution is -0.107. The summed E-state index contributed by atoms with van der Waals surface area (Å²) in [6, 6.07) is 5.46. The molecule has 0 spiro atoms. The normalized spacial score (nSPS) is 10.8. The third-order valence-corrected chi connectivity index (χ3v) is 3.07. The highest BCUT2D eigenvalue weighted by Crippen LogP contribution is 2.25. The maximum Gasteiger partial charge on any atom is 0.223 e. The first-order valence-corrected chi connectivity index (χ1v) is 6.24. The number of nitrogen functional groups attached to an aromatic ring is 1. The van der Waals surface area contributed by atoms with Crippen LogP contribution >= 0.6 is 0 Å². The van der Waals surface area contributed by atoms with Crippen molar-refractivity contribution in [3.05, 3.63) is 30.1 Å². The summed E-state index contributed by atoms with van der Waals surface area (Å²) in [6.45, 7) is 1.76. The van der Waals surface area contributed by atoms with Crippen LogP contribution in [0.5, 0.6) is 0 Å². The molecule has 0 radical (unpaired) electrons. The molecule has 106 valence electrons. The number of nitrogens with two attached hydrogens (primary N) is 1. The lowest BCUT2D eigenvalue weighted by atomic mass is 10.3. The maximum absolute atomic E-state index is 11.1. The number of hydrogen-bond donors (Lipinski definition) is 1. The lowest BCUT2D eigenvalue weighted by Crippen LogP contribution is -2.18. The third kappa shape index (κ3) is 2.06. The molecule has 3 aromatic heterocycles. The molecule has 0 fully saturated rings. The Bertz CT molecular complexity index is 812. The number of aryl methyl sites for hydroxylation is 1. The van der Waals surface area contributed by atoms with Gasteiger partial charge < -0.3 is 10.6 Å². The van der Waals surface area contributed by atoms with Crippen molar-refractivity contribution >= 4 is 23.7 Å². The van der Waals surface area contributed by atoms with Crippen LogP contribution in [-0.4, -0.2) is 38.0 Å². The first kappa shape index (κ1) is 13.0. The Morgan fingerprint density at radius 2 is 2.14 bits per heavy atom. The van der Waals surface area contributed by atoms with Crippen LogP contribution in [-0.2, 0) is 4.79 Å². The smallest absolute Gasteiger partial charge is 0.223 e. The van der Waals surface area contributed by atoms with Crippen LogP contribution in [0.4, 0.5) is 11.6 Å². The molecule has 8 heteroatoms. The Labute approximate surface area is 120 Å². The van der Waals surface area contributed by atoms with Crippen LogP contribution in [0.1, 0.15) is 5.69 Å². The van der Waals surface area contributed by atoms with Crippen molar-refractivity contribution in [3.63, 3.8) is 0 Å². The van der Waals surface area contributed by atoms with Crippen LogP contribution in [0.15, 0.2) is 24.4 Å². The highest BCUT2D eigenvalue weighted by atomic mass is 16.1. The highest BCUT2D eigenvalue weighted by Gasteiger charge is 2.18. The van der Waals surface area contributed by atoms with Crippen LogP contribution in [0.25, 0.3) is 17.2 Å². The molecule has 0 saturated carbocycles. The van der Waals surface area contributed by atoms with E-state index in [0.717, 1.165) is 0 Å². The van der Waals surface area contributed by atoms with Crippen molar-refractivity contribution in [2.75, 3.05) is 17.7 Å². The molecule has 0 bridgehead atoms. The summed E-state index contributed by atoms with van der Waals surface area (Å²) in [5.74, 6) is 0.635. The average Bonchev–Trinajstić information content (AvgIpc) is 2.93. The fourth-order valence-electron chi connectivity index (χ4n) is 2.13. The summed E-state index contributed by atoms with van der Waals surface area (Å²) in [7, 11) is 1.63. The highest BCUT2D eigenvalue weighted by molar-refractivity contribution is 5.85. The van der Waals surface area contributed by atoms with Gasteiger partial charge in [0.05, 0.1) is 5.69 Å². The summed E-state index contributed by atoms with van der Waals surface area (Å²) in [5.41, 5.74) is 8.14. The van der Waals surface area contributed by atoms with E-state index in [4.69, 9.17) is 5.73 Å². The number of amides is 1. The van der Waals surface area contributed by atoms with E-state index < -0.39 is 0 Å². The van der Waals surface area contributed by atoms with Gasteiger partial charge in [-0.05, 0) is 19.1 Å². The number of pyridine rings is 1. The lowest BCUT2D eigenvalue weighted by Gasteiger charge is -2.14. The maximum atomic E-state index is 11.1. The Morgan fingerprint density at radius 1 is 1.33 bits per heavy atom. The minimum absolute atomic E-state index is 0.209. The van der Waals surface area contributed by atoms with Gasteiger partial charge in [-0.3, -0.25) is 9.78 Å². The number of nitrogens with zero attached hydrogens (tertiary/aromatic N) is 6. The van der Waals surface area contributed by atoms with Gasteiger partial charge in [-0.25, -0.2) is 9.97 Å². The molecule has 1 amide bonds. The zero-order chi connectivity index (χ0) is 15.0. The fraction of sp³-hybridized carbons (Fsp3) is 0.154. The molecular formula is C13H13N7O. The number of fused-ring (bicyclic) bond motifs is 1. The van der Waals surface area contributed by atoms with Gasteiger partial charge in [0.25, 0.3) is 0 Å². The van der Waals surface area contributed by atoms with Gasteiger partial charge >= 0.3 is 0 Å². The van der Waals surface area contributed by atoms with Crippen LogP contribution < -0.4 is 10.6 Å². The van der Waals surface area contributed by atoms with Gasteiger partial charge in [-0.2, -0.15) is 4.52 Å². The molecule has 3 rings (SSSR count). The number of anilines is 2. The first-order valence-electron chi connectivity index (χ1n) is 6.24. The molecule has 2 N–H and O–H groups in total. The standard InChI is InChI=1S/C13H13N7O/c1-8-10(19(2)7-21)12-17-11(9-5-3-4-6-15-9)18-20(12)13(14)16-8/h3-7H,1-2H3,(H2,14,16). The largest absolute Gasteiger partial charge is 0.368 e. The van der Waals surface area contributed by atoms with Crippen molar-refractivity contribution in [2.45, 2.75) is 6.92 Å². The summed E-state index contributed by atoms with van der Waals surface area (Å²) >= 11 is 0. The van der Waals surface area contributed by atoms with E-state index in [0.29, 0.717) is 35.0 Å². The Hall–Kier alpha value is -3.03. The molecule has 0 aromatic carbocycles. The second-order valence-electron chi connectivity index (χ2n) is 4.51. The van der Waals surface area contributed by atoms with Crippen molar-refractivity contribution in [2.24, 2.45) is 0 Å². The van der Waals surface area contributed by atoms with Gasteiger partial charge in [-0.1, -0.05) is 6.07 Å². The molecule has 3 aromatic rings. The second kappa shape index (κ2) is 4.82. The van der Waals surface area contributed by atoms with E-state index >= 15 is 0 Å². The summed E-state index contributed by atoms with van der Waals surface area (Å²) < 4.78 is 1.41. The van der Waals surface area contributed by atoms with E-state index in [9.17, 15) is 4.79 Å². The molecule has 0 aliphatic carbocycles. The number of carbonyl (C=O) groups excluding carboxylic acids is 1. The monoisotopic (exact) mass is 283 g/mol. The van der Waals surface area contributed by atoms with E-state index in [2.05, 4.69) is 20.1 Å². The van der Waals surface area contributed by atoms with Gasteiger partial charge in [0.1, 0.15) is 11.4 Å².